The van der Waals surface area contributed by atoms with Crippen LogP contribution in [-0.4, -0.2) is 33.4 Å². The van der Waals surface area contributed by atoms with Crippen LogP contribution in [0, 0.1) is 0 Å². The number of rotatable bonds is 7. The molecule has 2 aromatic heterocycles. The molecule has 0 atom stereocenters. The van der Waals surface area contributed by atoms with Gasteiger partial charge in [0.2, 0.25) is 0 Å². The Kier molecular flexibility index (Phi) is 5.06. The molecule has 0 aromatic carbocycles. The van der Waals surface area contributed by atoms with Crippen molar-refractivity contribution in [3.8, 4) is 11.5 Å². The van der Waals surface area contributed by atoms with Crippen molar-refractivity contribution < 1.29 is 4.74 Å². The molecule has 0 bridgehead atoms. The topological polar surface area (TPSA) is 64.9 Å². The lowest BCUT2D eigenvalue weighted by atomic mass is 10.3. The summed E-state index contributed by atoms with van der Waals surface area (Å²) in [6.07, 6.45) is 2.82. The Balaban J connectivity index is 2.38. The highest BCUT2D eigenvalue weighted by Crippen LogP contribution is 2.18. The van der Waals surface area contributed by atoms with Crippen molar-refractivity contribution in [2.75, 3.05) is 19.0 Å². The third-order valence-electron chi connectivity index (χ3n) is 2.87. The third-order valence-corrected chi connectivity index (χ3v) is 2.87. The zero-order chi connectivity index (χ0) is 14.4. The largest absolute Gasteiger partial charge is 0.378 e. The van der Waals surface area contributed by atoms with Crippen molar-refractivity contribution in [1.29, 1.82) is 0 Å². The second-order valence-electron chi connectivity index (χ2n) is 4.46. The van der Waals surface area contributed by atoms with Crippen LogP contribution >= 0.6 is 0 Å². The van der Waals surface area contributed by atoms with Crippen LogP contribution < -0.4 is 5.32 Å². The van der Waals surface area contributed by atoms with Crippen molar-refractivity contribution in [1.82, 2.24) is 19.7 Å². The summed E-state index contributed by atoms with van der Waals surface area (Å²) in [6, 6.07) is 3.86. The number of nitrogens with zero attached hydrogens (tertiary/aromatic N) is 4. The minimum Gasteiger partial charge on any atom is -0.378 e. The molecule has 2 heterocycles. The van der Waals surface area contributed by atoms with E-state index in [1.54, 1.807) is 13.3 Å². The molecule has 0 aliphatic rings. The Morgan fingerprint density at radius 1 is 1.30 bits per heavy atom. The predicted molar refractivity (Wildman–Crippen MR) is 78.4 cm³/mol. The van der Waals surface area contributed by atoms with Crippen LogP contribution in [-0.2, 0) is 17.9 Å². The number of methoxy groups -OCH3 is 1. The molecule has 0 saturated carbocycles. The number of hydrogen-bond donors (Lipinski definition) is 1. The molecule has 0 radical (unpaired) electrons. The molecule has 2 aromatic rings. The van der Waals surface area contributed by atoms with E-state index in [1.165, 1.54) is 0 Å². The Bertz CT molecular complexity index is 552. The Labute approximate surface area is 119 Å². The fraction of sp³-hybridized carbons (Fsp3) is 0.500. The number of ether oxygens (including phenoxy) is 1. The van der Waals surface area contributed by atoms with Crippen molar-refractivity contribution in [2.24, 2.45) is 0 Å². The summed E-state index contributed by atoms with van der Waals surface area (Å²) in [4.78, 5) is 9.11. The van der Waals surface area contributed by atoms with Gasteiger partial charge in [0.25, 0.3) is 0 Å². The smallest absolute Gasteiger partial charge is 0.180 e. The molecule has 2 rings (SSSR count). The van der Waals surface area contributed by atoms with E-state index in [-0.39, 0.29) is 0 Å². The number of anilines is 1. The Hall–Kier alpha value is -1.95. The first-order valence-corrected chi connectivity index (χ1v) is 6.91. The normalized spacial score (nSPS) is 10.8. The average Bonchev–Trinajstić information content (AvgIpc) is 2.93. The highest BCUT2D eigenvalue weighted by Gasteiger charge is 2.10. The van der Waals surface area contributed by atoms with E-state index in [2.05, 4.69) is 27.3 Å². The average molecular weight is 275 g/mol. The predicted octanol–water partition coefficient (Wildman–Crippen LogP) is 2.33. The van der Waals surface area contributed by atoms with Crippen LogP contribution in [0.15, 0.2) is 18.3 Å². The summed E-state index contributed by atoms with van der Waals surface area (Å²) in [5.41, 5.74) is 1.78. The molecule has 0 spiro atoms. The van der Waals surface area contributed by atoms with Crippen molar-refractivity contribution in [3.63, 3.8) is 0 Å². The monoisotopic (exact) mass is 275 g/mol. The number of aromatic nitrogens is 4. The van der Waals surface area contributed by atoms with Gasteiger partial charge < -0.3 is 10.1 Å². The zero-order valence-electron chi connectivity index (χ0n) is 12.3. The molecular weight excluding hydrogens is 254 g/mol. The standard InChI is InChI=1S/C14H21N5O/c1-4-7-15-13-9-11(10-20-3)17-14(18-13)12-6-8-16-19(12)5-2/h6,8-9H,4-5,7,10H2,1-3H3,(H,15,17,18). The van der Waals surface area contributed by atoms with Crippen LogP contribution in [0.4, 0.5) is 5.82 Å². The van der Waals surface area contributed by atoms with E-state index in [0.29, 0.717) is 12.4 Å². The summed E-state index contributed by atoms with van der Waals surface area (Å²) < 4.78 is 7.06. The van der Waals surface area contributed by atoms with E-state index in [0.717, 1.165) is 36.7 Å². The minimum atomic E-state index is 0.469. The highest BCUT2D eigenvalue weighted by atomic mass is 16.5. The lowest BCUT2D eigenvalue weighted by Crippen LogP contribution is -2.08. The second kappa shape index (κ2) is 7.00. The quantitative estimate of drug-likeness (QED) is 0.840. The molecule has 0 saturated heterocycles. The molecule has 0 fully saturated rings. The van der Waals surface area contributed by atoms with Gasteiger partial charge in [-0.05, 0) is 19.4 Å². The maximum atomic E-state index is 5.18. The summed E-state index contributed by atoms with van der Waals surface area (Å²) in [6.45, 7) is 6.31. The van der Waals surface area contributed by atoms with Crippen LogP contribution in [0.25, 0.3) is 11.5 Å². The lowest BCUT2D eigenvalue weighted by molar-refractivity contribution is 0.181. The third kappa shape index (κ3) is 3.33. The summed E-state index contributed by atoms with van der Waals surface area (Å²) in [7, 11) is 1.66. The van der Waals surface area contributed by atoms with E-state index in [4.69, 9.17) is 4.74 Å². The molecule has 0 amide bonds. The SMILES string of the molecule is CCCNc1cc(COC)nc(-c2ccnn2CC)n1. The van der Waals surface area contributed by atoms with Gasteiger partial charge >= 0.3 is 0 Å². The van der Waals surface area contributed by atoms with Gasteiger partial charge in [-0.3, -0.25) is 4.68 Å². The van der Waals surface area contributed by atoms with Gasteiger partial charge in [0.15, 0.2) is 5.82 Å². The molecule has 6 heteroatoms. The summed E-state index contributed by atoms with van der Waals surface area (Å²) in [5, 5.41) is 7.56. The maximum Gasteiger partial charge on any atom is 0.180 e. The minimum absolute atomic E-state index is 0.469. The zero-order valence-corrected chi connectivity index (χ0v) is 12.3. The van der Waals surface area contributed by atoms with Crippen molar-refractivity contribution in [2.45, 2.75) is 33.4 Å². The molecule has 6 nitrogen and oxygen atoms in total. The van der Waals surface area contributed by atoms with E-state index in [9.17, 15) is 0 Å². The Morgan fingerprint density at radius 2 is 2.15 bits per heavy atom. The van der Waals surface area contributed by atoms with Gasteiger partial charge in [-0.1, -0.05) is 6.92 Å². The van der Waals surface area contributed by atoms with E-state index < -0.39 is 0 Å². The Morgan fingerprint density at radius 3 is 2.85 bits per heavy atom. The van der Waals surface area contributed by atoms with Crippen LogP contribution in [0.5, 0.6) is 0 Å². The van der Waals surface area contributed by atoms with Gasteiger partial charge in [0.1, 0.15) is 11.5 Å². The summed E-state index contributed by atoms with van der Waals surface area (Å²) in [5.74, 6) is 1.50. The molecule has 108 valence electrons. The van der Waals surface area contributed by atoms with Gasteiger partial charge in [-0.25, -0.2) is 9.97 Å². The van der Waals surface area contributed by atoms with E-state index >= 15 is 0 Å². The first kappa shape index (κ1) is 14.5. The van der Waals surface area contributed by atoms with Crippen LogP contribution in [0.1, 0.15) is 26.0 Å². The van der Waals surface area contributed by atoms with E-state index in [1.807, 2.05) is 23.7 Å². The first-order valence-electron chi connectivity index (χ1n) is 6.91. The highest BCUT2D eigenvalue weighted by molar-refractivity contribution is 5.53. The molecular formula is C14H21N5O. The molecule has 0 aliphatic heterocycles. The van der Waals surface area contributed by atoms with Gasteiger partial charge in [0, 0.05) is 32.5 Å². The van der Waals surface area contributed by atoms with Gasteiger partial charge in [0.05, 0.1) is 12.3 Å². The van der Waals surface area contributed by atoms with Gasteiger partial charge in [-0.15, -0.1) is 0 Å². The lowest BCUT2D eigenvalue weighted by Gasteiger charge is -2.10. The number of aryl methyl sites for hydroxylation is 1. The molecule has 1 N–H and O–H groups in total. The molecule has 0 aliphatic carbocycles. The fourth-order valence-electron chi connectivity index (χ4n) is 1.95. The van der Waals surface area contributed by atoms with Crippen LogP contribution in [0.2, 0.25) is 0 Å². The van der Waals surface area contributed by atoms with Crippen LogP contribution in [0.3, 0.4) is 0 Å². The fourth-order valence-corrected chi connectivity index (χ4v) is 1.95. The van der Waals surface area contributed by atoms with Crippen molar-refractivity contribution >= 4 is 5.82 Å². The van der Waals surface area contributed by atoms with Crippen molar-refractivity contribution in [3.05, 3.63) is 24.0 Å². The second-order valence-corrected chi connectivity index (χ2v) is 4.46. The van der Waals surface area contributed by atoms with Gasteiger partial charge in [-0.2, -0.15) is 5.10 Å². The number of hydrogen-bond acceptors (Lipinski definition) is 5. The summed E-state index contributed by atoms with van der Waals surface area (Å²) >= 11 is 0. The maximum absolute atomic E-state index is 5.18. The first-order chi connectivity index (χ1) is 9.78. The molecule has 20 heavy (non-hydrogen) atoms. The molecule has 0 unspecified atom stereocenters. The number of nitrogens with one attached hydrogen (secondary N) is 1.